The summed E-state index contributed by atoms with van der Waals surface area (Å²) in [6, 6.07) is 16.0. The summed E-state index contributed by atoms with van der Waals surface area (Å²) in [6.07, 6.45) is -2.42. The molecule has 2 aromatic carbocycles. The van der Waals surface area contributed by atoms with Crippen LogP contribution in [0.25, 0.3) is 33.8 Å². The summed E-state index contributed by atoms with van der Waals surface area (Å²) in [6.45, 7) is 0. The van der Waals surface area contributed by atoms with Crippen molar-refractivity contribution in [3.63, 3.8) is 0 Å². The van der Waals surface area contributed by atoms with Gasteiger partial charge < -0.3 is 14.5 Å². The number of hydrogen-bond acceptors (Lipinski definition) is 5. The van der Waals surface area contributed by atoms with Gasteiger partial charge in [-0.15, -0.1) is 0 Å². The number of rotatable bonds is 3. The number of hydrogen-bond donors (Lipinski definition) is 1. The fraction of sp³-hybridized carbons (Fsp3) is 0.0714. The Morgan fingerprint density at radius 3 is 1.64 bits per heavy atom. The van der Waals surface area contributed by atoms with Crippen molar-refractivity contribution in [1.82, 2.24) is 18.8 Å². The Balaban J connectivity index is 0.000000169. The Labute approximate surface area is 232 Å². The Bertz CT molecular complexity index is 1930. The second-order valence-corrected chi connectivity index (χ2v) is 8.99. The molecule has 0 aliphatic carbocycles. The zero-order valence-corrected chi connectivity index (χ0v) is 21.1. The van der Waals surface area contributed by atoms with Gasteiger partial charge in [0.15, 0.2) is 5.65 Å². The van der Waals surface area contributed by atoms with Crippen LogP contribution >= 0.6 is 0 Å². The lowest BCUT2D eigenvalue weighted by atomic mass is 10.1. The van der Waals surface area contributed by atoms with Gasteiger partial charge in [-0.05, 0) is 42.5 Å². The molecule has 0 amide bonds. The van der Waals surface area contributed by atoms with Crippen molar-refractivity contribution < 1.29 is 31.3 Å². The second-order valence-electron chi connectivity index (χ2n) is 8.99. The summed E-state index contributed by atoms with van der Waals surface area (Å²) >= 11 is 0. The molecular formula is C28H18F6N6O2. The standard InChI is InChI=1S/C14H8F3N3O2.C14H10F3N3/c15-14(16,17)10-4-1-3-9(7-10)11-8-19-6-2-5-12(20(21)22)13(19)18-11;15-14(16,17)10-4-1-3-9(7-10)12-8-20-6-2-5-11(18)13(20)19-12/h1-8H;1-8H,18H2. The van der Waals surface area contributed by atoms with Gasteiger partial charge in [0.1, 0.15) is 0 Å². The summed E-state index contributed by atoms with van der Waals surface area (Å²) in [5.41, 5.74) is 6.51. The highest BCUT2D eigenvalue weighted by molar-refractivity contribution is 5.71. The molecule has 4 aromatic heterocycles. The van der Waals surface area contributed by atoms with Crippen LogP contribution < -0.4 is 5.73 Å². The van der Waals surface area contributed by atoms with E-state index in [1.54, 1.807) is 41.2 Å². The van der Waals surface area contributed by atoms with Gasteiger partial charge in [-0.3, -0.25) is 10.1 Å². The van der Waals surface area contributed by atoms with Crippen LogP contribution in [0.15, 0.2) is 97.6 Å². The van der Waals surface area contributed by atoms with E-state index < -0.39 is 28.4 Å². The van der Waals surface area contributed by atoms with Gasteiger partial charge in [-0.1, -0.05) is 24.3 Å². The molecule has 42 heavy (non-hydrogen) atoms. The molecule has 0 saturated heterocycles. The van der Waals surface area contributed by atoms with Gasteiger partial charge in [0, 0.05) is 42.0 Å². The molecule has 0 unspecified atom stereocenters. The third-order valence-electron chi connectivity index (χ3n) is 6.14. The van der Waals surface area contributed by atoms with Gasteiger partial charge in [-0.25, -0.2) is 9.97 Å². The zero-order chi connectivity index (χ0) is 30.2. The first kappa shape index (κ1) is 28.1. The Morgan fingerprint density at radius 2 is 1.17 bits per heavy atom. The largest absolute Gasteiger partial charge is 0.416 e. The van der Waals surface area contributed by atoms with Crippen LogP contribution in [0.3, 0.4) is 0 Å². The Hall–Kier alpha value is -5.40. The molecule has 2 N–H and O–H groups in total. The van der Waals surface area contributed by atoms with Crippen molar-refractivity contribution in [2.75, 3.05) is 5.73 Å². The van der Waals surface area contributed by atoms with E-state index in [0.717, 1.165) is 24.3 Å². The number of halogens is 6. The first-order valence-electron chi connectivity index (χ1n) is 12.0. The molecule has 0 atom stereocenters. The average molecular weight is 584 g/mol. The van der Waals surface area contributed by atoms with Crippen molar-refractivity contribution in [2.24, 2.45) is 0 Å². The highest BCUT2D eigenvalue weighted by atomic mass is 19.4. The molecule has 8 nitrogen and oxygen atoms in total. The molecule has 0 aliphatic rings. The third kappa shape index (κ3) is 5.73. The number of alkyl halides is 6. The van der Waals surface area contributed by atoms with E-state index in [1.807, 2.05) is 0 Å². The van der Waals surface area contributed by atoms with Crippen LogP contribution in [0.5, 0.6) is 0 Å². The van der Waals surface area contributed by atoms with Crippen molar-refractivity contribution in [3.8, 4) is 22.5 Å². The monoisotopic (exact) mass is 584 g/mol. The van der Waals surface area contributed by atoms with E-state index in [-0.39, 0.29) is 22.6 Å². The third-order valence-corrected chi connectivity index (χ3v) is 6.14. The quantitative estimate of drug-likeness (QED) is 0.132. The lowest BCUT2D eigenvalue weighted by molar-refractivity contribution is -0.383. The van der Waals surface area contributed by atoms with Crippen molar-refractivity contribution in [3.05, 3.63) is 119 Å². The maximum atomic E-state index is 12.7. The van der Waals surface area contributed by atoms with Gasteiger partial charge in [0.2, 0.25) is 5.65 Å². The molecule has 6 rings (SSSR count). The number of nitrogens with zero attached hydrogens (tertiary/aromatic N) is 5. The van der Waals surface area contributed by atoms with E-state index in [1.165, 1.54) is 40.9 Å². The fourth-order valence-electron chi connectivity index (χ4n) is 4.16. The van der Waals surface area contributed by atoms with Crippen LogP contribution in [0.4, 0.5) is 37.7 Å². The number of anilines is 1. The SMILES string of the molecule is Nc1cccn2cc(-c3cccc(C(F)(F)F)c3)nc12.O=[N+]([O-])c1cccn2cc(-c3cccc(C(F)(F)F)c3)nc12. The van der Waals surface area contributed by atoms with Crippen LogP contribution in [-0.4, -0.2) is 23.7 Å². The van der Waals surface area contributed by atoms with E-state index >= 15 is 0 Å². The molecule has 0 aliphatic heterocycles. The van der Waals surface area contributed by atoms with Gasteiger partial charge in [0.25, 0.3) is 0 Å². The molecule has 4 heterocycles. The minimum absolute atomic E-state index is 0.0833. The Morgan fingerprint density at radius 1 is 0.690 bits per heavy atom. The maximum absolute atomic E-state index is 12.7. The number of nitrogen functional groups attached to an aromatic ring is 1. The van der Waals surface area contributed by atoms with E-state index in [2.05, 4.69) is 9.97 Å². The van der Waals surface area contributed by atoms with E-state index in [0.29, 0.717) is 22.6 Å². The normalized spacial score (nSPS) is 11.9. The number of pyridine rings is 2. The smallest absolute Gasteiger partial charge is 0.396 e. The van der Waals surface area contributed by atoms with E-state index in [4.69, 9.17) is 5.73 Å². The summed E-state index contributed by atoms with van der Waals surface area (Å²) in [5.74, 6) is 0. The van der Waals surface area contributed by atoms with Crippen molar-refractivity contribution >= 4 is 22.7 Å². The van der Waals surface area contributed by atoms with Gasteiger partial charge >= 0.3 is 18.0 Å². The predicted octanol–water partition coefficient (Wildman–Crippen LogP) is 7.53. The number of benzene rings is 2. The first-order chi connectivity index (χ1) is 19.8. The number of fused-ring (bicyclic) bond motifs is 2. The lowest BCUT2D eigenvalue weighted by Gasteiger charge is -2.07. The summed E-state index contributed by atoms with van der Waals surface area (Å²) in [5, 5.41) is 10.9. The van der Waals surface area contributed by atoms with Gasteiger partial charge in [-0.2, -0.15) is 26.3 Å². The second kappa shape index (κ2) is 10.5. The average Bonchev–Trinajstić information content (AvgIpc) is 3.58. The number of imidazole rings is 2. The molecular weight excluding hydrogens is 566 g/mol. The fourth-order valence-corrected chi connectivity index (χ4v) is 4.16. The van der Waals surface area contributed by atoms with Crippen molar-refractivity contribution in [2.45, 2.75) is 12.4 Å². The maximum Gasteiger partial charge on any atom is 0.416 e. The van der Waals surface area contributed by atoms with Crippen LogP contribution in [0, 0.1) is 10.1 Å². The van der Waals surface area contributed by atoms with E-state index in [9.17, 15) is 36.5 Å². The molecule has 14 heteroatoms. The zero-order valence-electron chi connectivity index (χ0n) is 21.1. The summed E-state index contributed by atoms with van der Waals surface area (Å²) < 4.78 is 79.4. The molecule has 0 fully saturated rings. The Kier molecular flexibility index (Phi) is 7.06. The van der Waals surface area contributed by atoms with Crippen LogP contribution in [-0.2, 0) is 12.4 Å². The van der Waals surface area contributed by atoms with Crippen LogP contribution in [0.2, 0.25) is 0 Å². The molecule has 214 valence electrons. The topological polar surface area (TPSA) is 104 Å². The predicted molar refractivity (Wildman–Crippen MR) is 142 cm³/mol. The first-order valence-corrected chi connectivity index (χ1v) is 12.0. The molecule has 6 aromatic rings. The van der Waals surface area contributed by atoms with Gasteiger partial charge in [0.05, 0.1) is 33.1 Å². The number of aromatic nitrogens is 4. The van der Waals surface area contributed by atoms with Crippen LogP contribution in [0.1, 0.15) is 11.1 Å². The lowest BCUT2D eigenvalue weighted by Crippen LogP contribution is -2.04. The summed E-state index contributed by atoms with van der Waals surface area (Å²) in [7, 11) is 0. The molecule has 0 bridgehead atoms. The minimum Gasteiger partial charge on any atom is -0.396 e. The molecule has 0 radical (unpaired) electrons. The number of nitrogens with two attached hydrogens (primary N) is 1. The minimum atomic E-state index is -4.46. The van der Waals surface area contributed by atoms with Crippen molar-refractivity contribution in [1.29, 1.82) is 0 Å². The molecule has 0 saturated carbocycles. The number of nitro groups is 1. The highest BCUT2D eigenvalue weighted by Crippen LogP contribution is 2.33. The molecule has 0 spiro atoms. The highest BCUT2D eigenvalue weighted by Gasteiger charge is 2.31. The summed E-state index contributed by atoms with van der Waals surface area (Å²) in [4.78, 5) is 18.7.